The van der Waals surface area contributed by atoms with Crippen LogP contribution in [0.3, 0.4) is 0 Å². The summed E-state index contributed by atoms with van der Waals surface area (Å²) in [5.41, 5.74) is 1.21. The molecule has 0 N–H and O–H groups in total. The summed E-state index contributed by atoms with van der Waals surface area (Å²) in [6.45, 7) is 7.58. The molecule has 0 nitrogen and oxygen atoms in total. The highest BCUT2D eigenvalue weighted by molar-refractivity contribution is 7.44. The normalized spacial score (nSPS) is 21.1. The Bertz CT molecular complexity index is 126. The van der Waals surface area contributed by atoms with Crippen LogP contribution in [0.4, 0.5) is 0 Å². The minimum absolute atomic E-state index is 1.02. The Labute approximate surface area is 45.4 Å². The summed E-state index contributed by atoms with van der Waals surface area (Å²) in [4.78, 5) is 0. The van der Waals surface area contributed by atoms with Crippen LogP contribution in [0.25, 0.3) is 0 Å². The Kier molecular flexibility index (Phi) is 1.12. The van der Waals surface area contributed by atoms with E-state index < -0.39 is 0 Å². The molecular formula is C6H7P. The zero-order chi connectivity index (χ0) is 5.28. The monoisotopic (exact) mass is 110 g/mol. The van der Waals surface area contributed by atoms with Crippen molar-refractivity contribution in [2.75, 3.05) is 0 Å². The van der Waals surface area contributed by atoms with Crippen molar-refractivity contribution in [3.8, 4) is 0 Å². The van der Waals surface area contributed by atoms with Gasteiger partial charge in [-0.3, -0.25) is 0 Å². The van der Waals surface area contributed by atoms with Crippen molar-refractivity contribution in [2.45, 2.75) is 6.42 Å². The predicted molar refractivity (Wildman–Crippen MR) is 35.9 cm³/mol. The molecule has 0 bridgehead atoms. The summed E-state index contributed by atoms with van der Waals surface area (Å²) in [5, 5.41) is 1.27. The standard InChI is InChI=1S/C6H7P/c1-5-3-6(2)7-4-5/h4H,1-3H2. The lowest BCUT2D eigenvalue weighted by Crippen LogP contribution is -1.68. The summed E-state index contributed by atoms with van der Waals surface area (Å²) in [5.74, 6) is 2.10. The molecule has 1 heteroatoms. The van der Waals surface area contributed by atoms with Gasteiger partial charge >= 0.3 is 0 Å². The van der Waals surface area contributed by atoms with Crippen molar-refractivity contribution in [1.82, 2.24) is 0 Å². The van der Waals surface area contributed by atoms with E-state index in [1.54, 1.807) is 0 Å². The van der Waals surface area contributed by atoms with Crippen molar-refractivity contribution < 1.29 is 0 Å². The third-order valence-corrected chi connectivity index (χ3v) is 1.88. The summed E-state index contributed by atoms with van der Waals surface area (Å²) < 4.78 is 0. The van der Waals surface area contributed by atoms with E-state index in [1.807, 2.05) is 0 Å². The minimum Gasteiger partial charge on any atom is -0.0951 e. The van der Waals surface area contributed by atoms with Gasteiger partial charge in [0.05, 0.1) is 0 Å². The van der Waals surface area contributed by atoms with Crippen molar-refractivity contribution >= 4 is 14.0 Å². The van der Waals surface area contributed by atoms with E-state index in [0.29, 0.717) is 0 Å². The molecule has 0 spiro atoms. The lowest BCUT2D eigenvalue weighted by atomic mass is 10.2. The molecule has 0 saturated heterocycles. The van der Waals surface area contributed by atoms with E-state index in [4.69, 9.17) is 0 Å². The molecule has 0 unspecified atom stereocenters. The predicted octanol–water partition coefficient (Wildman–Crippen LogP) is 2.21. The molecule has 1 aliphatic heterocycles. The van der Waals surface area contributed by atoms with Crippen LogP contribution < -0.4 is 0 Å². The van der Waals surface area contributed by atoms with Crippen molar-refractivity contribution in [3.05, 3.63) is 24.0 Å². The van der Waals surface area contributed by atoms with Gasteiger partial charge in [-0.1, -0.05) is 21.4 Å². The van der Waals surface area contributed by atoms with Gasteiger partial charge < -0.3 is 0 Å². The first kappa shape index (κ1) is 4.80. The van der Waals surface area contributed by atoms with Crippen molar-refractivity contribution in [2.24, 2.45) is 0 Å². The van der Waals surface area contributed by atoms with E-state index in [9.17, 15) is 0 Å². The fourth-order valence-electron chi connectivity index (χ4n) is 0.536. The lowest BCUT2D eigenvalue weighted by molar-refractivity contribution is 1.35. The van der Waals surface area contributed by atoms with Gasteiger partial charge in [0.15, 0.2) is 0 Å². The van der Waals surface area contributed by atoms with Gasteiger partial charge in [-0.25, -0.2) is 0 Å². The van der Waals surface area contributed by atoms with Crippen molar-refractivity contribution in [3.63, 3.8) is 0 Å². The molecule has 1 heterocycles. The summed E-state index contributed by atoms with van der Waals surface area (Å²) >= 11 is 0. The van der Waals surface area contributed by atoms with Crippen LogP contribution in [0.5, 0.6) is 0 Å². The smallest absolute Gasteiger partial charge is 0.000959 e. The Morgan fingerprint density at radius 1 is 1.57 bits per heavy atom. The second-order valence-corrected chi connectivity index (χ2v) is 2.81. The fourth-order valence-corrected chi connectivity index (χ4v) is 1.29. The number of allylic oxidation sites excluding steroid dienone is 2. The second kappa shape index (κ2) is 1.63. The van der Waals surface area contributed by atoms with Crippen molar-refractivity contribution in [1.29, 1.82) is 0 Å². The van der Waals surface area contributed by atoms with E-state index in [-0.39, 0.29) is 0 Å². The molecule has 0 fully saturated rings. The van der Waals surface area contributed by atoms with Gasteiger partial charge in [0.25, 0.3) is 0 Å². The maximum atomic E-state index is 3.80. The van der Waals surface area contributed by atoms with Gasteiger partial charge in [0, 0.05) is 6.42 Å². The molecule has 0 aromatic heterocycles. The largest absolute Gasteiger partial charge is 0.0951 e. The molecule has 0 aliphatic carbocycles. The molecule has 7 heavy (non-hydrogen) atoms. The second-order valence-electron chi connectivity index (χ2n) is 1.66. The Morgan fingerprint density at radius 3 is 2.43 bits per heavy atom. The van der Waals surface area contributed by atoms with Gasteiger partial charge in [0.1, 0.15) is 0 Å². The average molecular weight is 110 g/mol. The molecule has 36 valence electrons. The molecule has 1 aliphatic rings. The van der Waals surface area contributed by atoms with Crippen LogP contribution in [-0.4, -0.2) is 5.80 Å². The van der Waals surface area contributed by atoms with E-state index in [1.165, 1.54) is 19.1 Å². The quantitative estimate of drug-likeness (QED) is 0.419. The molecule has 0 atom stereocenters. The molecule has 0 saturated carbocycles. The molecule has 0 aromatic rings. The van der Waals surface area contributed by atoms with Crippen LogP contribution in [-0.2, 0) is 0 Å². The van der Waals surface area contributed by atoms with E-state index >= 15 is 0 Å². The highest BCUT2D eigenvalue weighted by Gasteiger charge is 1.98. The van der Waals surface area contributed by atoms with E-state index in [2.05, 4.69) is 19.0 Å². The fraction of sp³-hybridized carbons (Fsp3) is 0.167. The zero-order valence-electron chi connectivity index (χ0n) is 4.15. The summed E-state index contributed by atoms with van der Waals surface area (Å²) in [7, 11) is 1.27. The van der Waals surface area contributed by atoms with Crippen LogP contribution in [0, 0.1) is 0 Å². The van der Waals surface area contributed by atoms with Gasteiger partial charge in [-0.05, 0) is 16.7 Å². The Morgan fingerprint density at radius 2 is 2.29 bits per heavy atom. The maximum absolute atomic E-state index is 3.80. The van der Waals surface area contributed by atoms with Crippen LogP contribution in [0.1, 0.15) is 6.42 Å². The first-order valence-electron chi connectivity index (χ1n) is 2.18. The number of hydrogen-bond donors (Lipinski definition) is 0. The molecular weight excluding hydrogens is 103 g/mol. The highest BCUT2D eigenvalue weighted by atomic mass is 31.1. The van der Waals surface area contributed by atoms with Gasteiger partial charge in [-0.2, -0.15) is 0 Å². The molecule has 0 amide bonds. The first-order valence-corrected chi connectivity index (χ1v) is 3.15. The van der Waals surface area contributed by atoms with Gasteiger partial charge in [0.2, 0.25) is 0 Å². The summed E-state index contributed by atoms with van der Waals surface area (Å²) in [6, 6.07) is 0. The van der Waals surface area contributed by atoms with Gasteiger partial charge in [-0.15, -0.1) is 0 Å². The van der Waals surface area contributed by atoms with E-state index in [0.717, 1.165) is 6.42 Å². The third kappa shape index (κ3) is 1.01. The van der Waals surface area contributed by atoms with Crippen LogP contribution >= 0.6 is 8.20 Å². The highest BCUT2D eigenvalue weighted by Crippen LogP contribution is 2.25. The third-order valence-electron chi connectivity index (χ3n) is 0.861. The molecule has 0 radical (unpaired) electrons. The SMILES string of the molecule is C=C1C=PC(=C)C1. The lowest BCUT2D eigenvalue weighted by Gasteiger charge is -1.82. The zero-order valence-corrected chi connectivity index (χ0v) is 5.04. The van der Waals surface area contributed by atoms with Crippen LogP contribution in [0.2, 0.25) is 0 Å². The first-order chi connectivity index (χ1) is 3.29. The Balaban J connectivity index is 2.76. The maximum Gasteiger partial charge on any atom is 0.000959 e. The number of rotatable bonds is 0. The topological polar surface area (TPSA) is 0 Å². The Hall–Kier alpha value is -0.350. The van der Waals surface area contributed by atoms with Crippen LogP contribution in [0.15, 0.2) is 24.0 Å². The average Bonchev–Trinajstić information content (AvgIpc) is 1.87. The summed E-state index contributed by atoms with van der Waals surface area (Å²) in [6.07, 6.45) is 1.02. The minimum atomic E-state index is 1.02. The molecule has 1 rings (SSSR count). The number of hydrogen-bond acceptors (Lipinski definition) is 0. The molecule has 0 aromatic carbocycles.